The van der Waals surface area contributed by atoms with E-state index in [2.05, 4.69) is 5.10 Å². The lowest BCUT2D eigenvalue weighted by Crippen LogP contribution is -2.38. The summed E-state index contributed by atoms with van der Waals surface area (Å²) in [6.45, 7) is 1.65. The number of aromatic nitrogens is 2. The maximum absolute atomic E-state index is 13.8. The van der Waals surface area contributed by atoms with Gasteiger partial charge in [-0.2, -0.15) is 5.10 Å². The van der Waals surface area contributed by atoms with Crippen molar-refractivity contribution in [2.24, 2.45) is 5.92 Å². The van der Waals surface area contributed by atoms with Crippen LogP contribution >= 0.6 is 0 Å². The van der Waals surface area contributed by atoms with Crippen molar-refractivity contribution in [3.63, 3.8) is 0 Å². The Bertz CT molecular complexity index is 817. The minimum atomic E-state index is -0.970. The molecule has 0 radical (unpaired) electrons. The van der Waals surface area contributed by atoms with Crippen LogP contribution in [0.1, 0.15) is 30.1 Å². The van der Waals surface area contributed by atoms with Crippen LogP contribution in [0.25, 0.3) is 5.69 Å². The maximum atomic E-state index is 13.8. The zero-order valence-corrected chi connectivity index (χ0v) is 13.5. The minimum absolute atomic E-state index is 0.0253. The van der Waals surface area contributed by atoms with Crippen LogP contribution in [0.15, 0.2) is 30.6 Å². The number of carbonyl (C=O) groups is 2. The first kappa shape index (κ1) is 17.1. The molecular formula is C17H17F2N3O3. The number of aliphatic carboxylic acids is 1. The van der Waals surface area contributed by atoms with E-state index in [9.17, 15) is 18.4 Å². The van der Waals surface area contributed by atoms with Crippen LogP contribution in [0.3, 0.4) is 0 Å². The monoisotopic (exact) mass is 349 g/mol. The van der Waals surface area contributed by atoms with Crippen LogP contribution in [0.4, 0.5) is 8.78 Å². The van der Waals surface area contributed by atoms with Gasteiger partial charge < -0.3 is 10.0 Å². The second-order valence-corrected chi connectivity index (χ2v) is 6.20. The van der Waals surface area contributed by atoms with E-state index in [1.165, 1.54) is 23.4 Å². The zero-order valence-electron chi connectivity index (χ0n) is 13.5. The first-order chi connectivity index (χ1) is 11.9. The molecule has 0 aliphatic heterocycles. The average molecular weight is 349 g/mol. The van der Waals surface area contributed by atoms with Crippen molar-refractivity contribution in [1.29, 1.82) is 0 Å². The van der Waals surface area contributed by atoms with Crippen LogP contribution in [0.5, 0.6) is 0 Å². The molecule has 1 saturated carbocycles. The Kier molecular flexibility index (Phi) is 4.52. The number of hydrogen-bond acceptors (Lipinski definition) is 3. The second-order valence-electron chi connectivity index (χ2n) is 6.20. The summed E-state index contributed by atoms with van der Waals surface area (Å²) in [5.74, 6) is -3.49. The van der Waals surface area contributed by atoms with Crippen molar-refractivity contribution >= 4 is 11.9 Å². The topological polar surface area (TPSA) is 75.4 Å². The predicted molar refractivity (Wildman–Crippen MR) is 84.3 cm³/mol. The molecule has 1 aromatic heterocycles. The number of amides is 1. The smallest absolute Gasteiger partial charge is 0.308 e. The van der Waals surface area contributed by atoms with Gasteiger partial charge >= 0.3 is 5.97 Å². The number of halogens is 2. The maximum Gasteiger partial charge on any atom is 0.308 e. The third kappa shape index (κ3) is 3.67. The highest BCUT2D eigenvalue weighted by Crippen LogP contribution is 2.29. The molecule has 1 N–H and O–H groups in total. The van der Waals surface area contributed by atoms with Gasteiger partial charge in [-0.1, -0.05) is 6.92 Å². The normalized spacial score (nSPS) is 15.0. The quantitative estimate of drug-likeness (QED) is 0.869. The summed E-state index contributed by atoms with van der Waals surface area (Å²) in [5.41, 5.74) is 0.255. The summed E-state index contributed by atoms with van der Waals surface area (Å²) in [7, 11) is 0. The molecule has 0 unspecified atom stereocenters. The van der Waals surface area contributed by atoms with Gasteiger partial charge in [0.1, 0.15) is 11.5 Å². The summed E-state index contributed by atoms with van der Waals surface area (Å²) >= 11 is 0. The highest BCUT2D eigenvalue weighted by atomic mass is 19.1. The molecule has 0 bridgehead atoms. The van der Waals surface area contributed by atoms with Gasteiger partial charge in [0.05, 0.1) is 17.7 Å². The molecule has 1 heterocycles. The van der Waals surface area contributed by atoms with E-state index in [4.69, 9.17) is 5.11 Å². The molecule has 132 valence electrons. The standard InChI is InChI=1S/C17H17F2N3O3/c1-10(17(24)25)8-21(13-3-4-13)16(23)11-7-20-22(9-11)15-5-2-12(18)6-14(15)19/h2,5-7,9-10,13H,3-4,8H2,1H3,(H,24,25)/t10-/m0/s1. The van der Waals surface area contributed by atoms with E-state index >= 15 is 0 Å². The van der Waals surface area contributed by atoms with Crippen molar-refractivity contribution in [2.45, 2.75) is 25.8 Å². The van der Waals surface area contributed by atoms with E-state index < -0.39 is 23.5 Å². The largest absolute Gasteiger partial charge is 0.481 e. The van der Waals surface area contributed by atoms with Gasteiger partial charge in [-0.05, 0) is 25.0 Å². The van der Waals surface area contributed by atoms with E-state index in [0.717, 1.165) is 29.7 Å². The zero-order chi connectivity index (χ0) is 18.1. The Labute approximate surface area is 142 Å². The first-order valence-electron chi connectivity index (χ1n) is 7.90. The second kappa shape index (κ2) is 6.62. The van der Waals surface area contributed by atoms with Gasteiger partial charge in [-0.15, -0.1) is 0 Å². The van der Waals surface area contributed by atoms with Gasteiger partial charge in [0.2, 0.25) is 0 Å². The number of carbonyl (C=O) groups excluding carboxylic acids is 1. The third-order valence-corrected chi connectivity index (χ3v) is 4.13. The van der Waals surface area contributed by atoms with Gasteiger partial charge in [-0.25, -0.2) is 13.5 Å². The van der Waals surface area contributed by atoms with Crippen molar-refractivity contribution in [3.8, 4) is 5.69 Å². The molecule has 1 amide bonds. The Morgan fingerprint density at radius 2 is 2.12 bits per heavy atom. The molecule has 1 fully saturated rings. The number of carboxylic acid groups (broad SMARTS) is 1. The molecular weight excluding hydrogens is 332 g/mol. The summed E-state index contributed by atoms with van der Waals surface area (Å²) in [5, 5.41) is 13.0. The Balaban J connectivity index is 1.82. The minimum Gasteiger partial charge on any atom is -0.481 e. The van der Waals surface area contributed by atoms with Crippen molar-refractivity contribution in [3.05, 3.63) is 47.8 Å². The third-order valence-electron chi connectivity index (χ3n) is 4.13. The summed E-state index contributed by atoms with van der Waals surface area (Å²) in [6, 6.07) is 3.10. The van der Waals surface area contributed by atoms with Crippen LogP contribution in [0.2, 0.25) is 0 Å². The van der Waals surface area contributed by atoms with Crippen LogP contribution in [0, 0.1) is 17.6 Å². The molecule has 8 heteroatoms. The molecule has 1 aromatic carbocycles. The number of rotatable bonds is 6. The van der Waals surface area contributed by atoms with Crippen molar-refractivity contribution < 1.29 is 23.5 Å². The lowest BCUT2D eigenvalue weighted by Gasteiger charge is -2.23. The molecule has 1 atom stereocenters. The Morgan fingerprint density at radius 3 is 2.72 bits per heavy atom. The molecule has 0 saturated heterocycles. The highest BCUT2D eigenvalue weighted by molar-refractivity contribution is 5.94. The summed E-state index contributed by atoms with van der Waals surface area (Å²) < 4.78 is 28.0. The molecule has 6 nitrogen and oxygen atoms in total. The fraction of sp³-hybridized carbons (Fsp3) is 0.353. The summed E-state index contributed by atoms with van der Waals surface area (Å²) in [6.07, 6.45) is 4.32. The lowest BCUT2D eigenvalue weighted by molar-refractivity contribution is -0.141. The number of nitrogens with zero attached hydrogens (tertiary/aromatic N) is 3. The van der Waals surface area contributed by atoms with Crippen LogP contribution in [-0.4, -0.2) is 44.3 Å². The molecule has 3 rings (SSSR count). The van der Waals surface area contributed by atoms with E-state index in [1.807, 2.05) is 0 Å². The van der Waals surface area contributed by atoms with Crippen LogP contribution in [-0.2, 0) is 4.79 Å². The van der Waals surface area contributed by atoms with Gasteiger partial charge in [0, 0.05) is 24.8 Å². The Hall–Kier alpha value is -2.77. The number of carboxylic acids is 1. The fourth-order valence-electron chi connectivity index (χ4n) is 2.56. The lowest BCUT2D eigenvalue weighted by atomic mass is 10.1. The highest BCUT2D eigenvalue weighted by Gasteiger charge is 2.35. The van der Waals surface area contributed by atoms with E-state index in [-0.39, 0.29) is 29.7 Å². The van der Waals surface area contributed by atoms with E-state index in [1.54, 1.807) is 6.92 Å². The molecule has 1 aliphatic carbocycles. The summed E-state index contributed by atoms with van der Waals surface area (Å²) in [4.78, 5) is 25.3. The number of hydrogen-bond donors (Lipinski definition) is 1. The molecule has 2 aromatic rings. The fourth-order valence-corrected chi connectivity index (χ4v) is 2.56. The molecule has 1 aliphatic rings. The molecule has 25 heavy (non-hydrogen) atoms. The van der Waals surface area contributed by atoms with Crippen LogP contribution < -0.4 is 0 Å². The Morgan fingerprint density at radius 1 is 1.40 bits per heavy atom. The van der Waals surface area contributed by atoms with Crippen molar-refractivity contribution in [2.75, 3.05) is 6.54 Å². The van der Waals surface area contributed by atoms with Crippen molar-refractivity contribution in [1.82, 2.24) is 14.7 Å². The first-order valence-corrected chi connectivity index (χ1v) is 7.90. The average Bonchev–Trinajstić information content (AvgIpc) is 3.28. The van der Waals surface area contributed by atoms with Gasteiger partial charge in [-0.3, -0.25) is 9.59 Å². The molecule has 0 spiro atoms. The predicted octanol–water partition coefficient (Wildman–Crippen LogP) is 2.48. The van der Waals surface area contributed by atoms with Gasteiger partial charge in [0.15, 0.2) is 5.82 Å². The number of benzene rings is 1. The SMILES string of the molecule is C[C@@H](CN(C(=O)c1cnn(-c2ccc(F)cc2F)c1)C1CC1)C(=O)O. The van der Waals surface area contributed by atoms with E-state index in [0.29, 0.717) is 0 Å². The van der Waals surface area contributed by atoms with Gasteiger partial charge in [0.25, 0.3) is 5.91 Å².